The summed E-state index contributed by atoms with van der Waals surface area (Å²) in [6.07, 6.45) is -1.03. The second kappa shape index (κ2) is 3.80. The van der Waals surface area contributed by atoms with Crippen LogP contribution in [0.25, 0.3) is 0 Å². The minimum Gasteiger partial charge on any atom is -0.381 e. The van der Waals surface area contributed by atoms with E-state index in [0.29, 0.717) is 10.6 Å². The molecule has 0 spiro atoms. The normalized spacial score (nSPS) is 12.8. The van der Waals surface area contributed by atoms with Crippen molar-refractivity contribution in [3.05, 3.63) is 25.7 Å². The third-order valence-electron chi connectivity index (χ3n) is 1.56. The van der Waals surface area contributed by atoms with Gasteiger partial charge in [0.25, 0.3) is 0 Å². The number of hydrogen-bond acceptors (Lipinski definition) is 5. The fourth-order valence-corrected chi connectivity index (χ4v) is 1.99. The van der Waals surface area contributed by atoms with E-state index in [1.54, 1.807) is 13.8 Å². The van der Waals surface area contributed by atoms with E-state index in [-0.39, 0.29) is 0 Å². The van der Waals surface area contributed by atoms with Crippen LogP contribution in [0.2, 0.25) is 0 Å². The number of hydrogen-bond donors (Lipinski definition) is 1. The van der Waals surface area contributed by atoms with E-state index >= 15 is 0 Å². The molecule has 1 aromatic rings. The highest BCUT2D eigenvalue weighted by atomic mass is 32.1. The van der Waals surface area contributed by atoms with Gasteiger partial charge in [-0.1, -0.05) is 0 Å². The predicted octanol–water partition coefficient (Wildman–Crippen LogP) is 1.07. The molecule has 72 valence electrons. The molecule has 5 nitrogen and oxygen atoms in total. The average Bonchev–Trinajstić information content (AvgIpc) is 2.28. The van der Waals surface area contributed by atoms with Gasteiger partial charge >= 0.3 is 0 Å². The molecule has 0 saturated heterocycles. The molecule has 0 bridgehead atoms. The number of rotatable bonds is 3. The van der Waals surface area contributed by atoms with Crippen LogP contribution in [0.3, 0.4) is 0 Å². The van der Waals surface area contributed by atoms with E-state index in [1.165, 1.54) is 11.3 Å². The zero-order valence-corrected chi connectivity index (χ0v) is 8.17. The Morgan fingerprint density at radius 1 is 1.69 bits per heavy atom. The summed E-state index contributed by atoms with van der Waals surface area (Å²) in [5.41, 5.74) is 0.678. The van der Waals surface area contributed by atoms with Gasteiger partial charge in [0.05, 0.1) is 15.6 Å². The summed E-state index contributed by atoms with van der Waals surface area (Å²) < 4.78 is 0. The summed E-state index contributed by atoms with van der Waals surface area (Å²) >= 11 is 1.30. The van der Waals surface area contributed by atoms with Crippen LogP contribution in [0, 0.1) is 24.0 Å². The number of thiazole rings is 1. The fourth-order valence-electron chi connectivity index (χ4n) is 1.08. The number of nitrogens with zero attached hydrogens (tertiary/aromatic N) is 2. The molecule has 0 fully saturated rings. The predicted molar refractivity (Wildman–Crippen MR) is 48.4 cm³/mol. The Morgan fingerprint density at radius 3 is 2.69 bits per heavy atom. The molecule has 0 aromatic carbocycles. The molecule has 1 unspecified atom stereocenters. The minimum atomic E-state index is -1.03. The minimum absolute atomic E-state index is 0.456. The molecule has 0 saturated carbocycles. The molecule has 0 aliphatic heterocycles. The second-order valence-electron chi connectivity index (χ2n) is 2.71. The molecule has 0 aliphatic carbocycles. The van der Waals surface area contributed by atoms with Crippen molar-refractivity contribution in [2.75, 3.05) is 6.54 Å². The van der Waals surface area contributed by atoms with Crippen molar-refractivity contribution in [3.8, 4) is 0 Å². The van der Waals surface area contributed by atoms with E-state index in [1.807, 2.05) is 0 Å². The van der Waals surface area contributed by atoms with Crippen LogP contribution in [0.15, 0.2) is 0 Å². The third-order valence-corrected chi connectivity index (χ3v) is 2.74. The lowest BCUT2D eigenvalue weighted by atomic mass is 10.2. The lowest BCUT2D eigenvalue weighted by Crippen LogP contribution is -2.11. The Morgan fingerprint density at radius 2 is 2.31 bits per heavy atom. The van der Waals surface area contributed by atoms with Gasteiger partial charge in [-0.25, -0.2) is 4.98 Å². The van der Waals surface area contributed by atoms with Crippen LogP contribution in [0.1, 0.15) is 21.7 Å². The molecule has 1 aromatic heterocycles. The molecule has 0 aliphatic rings. The van der Waals surface area contributed by atoms with Crippen molar-refractivity contribution in [1.29, 1.82) is 0 Å². The maximum Gasteiger partial charge on any atom is 0.234 e. The van der Waals surface area contributed by atoms with Gasteiger partial charge in [-0.05, 0) is 13.8 Å². The van der Waals surface area contributed by atoms with Crippen LogP contribution < -0.4 is 0 Å². The first-order valence-electron chi connectivity index (χ1n) is 3.74. The first-order valence-corrected chi connectivity index (χ1v) is 4.56. The smallest absolute Gasteiger partial charge is 0.234 e. The van der Waals surface area contributed by atoms with E-state index in [0.717, 1.165) is 5.01 Å². The molecule has 0 amide bonds. The van der Waals surface area contributed by atoms with E-state index in [2.05, 4.69) is 4.98 Å². The Bertz CT molecular complexity index is 324. The monoisotopic (exact) mass is 202 g/mol. The molecule has 1 atom stereocenters. The summed E-state index contributed by atoms with van der Waals surface area (Å²) in [5.74, 6) is 0. The van der Waals surface area contributed by atoms with Gasteiger partial charge in [0, 0.05) is 4.92 Å². The molecule has 13 heavy (non-hydrogen) atoms. The van der Waals surface area contributed by atoms with Crippen molar-refractivity contribution in [2.24, 2.45) is 0 Å². The highest BCUT2D eigenvalue weighted by Gasteiger charge is 2.19. The maximum absolute atomic E-state index is 10.1. The van der Waals surface area contributed by atoms with Gasteiger partial charge in [0.2, 0.25) is 6.54 Å². The zero-order chi connectivity index (χ0) is 10.0. The standard InChI is InChI=1S/C7H10N2O3S/c1-4-7(13-5(2)8-4)6(10)3-9(11)12/h6,10H,3H2,1-2H3. The van der Waals surface area contributed by atoms with Crippen LogP contribution in [0.5, 0.6) is 0 Å². The van der Waals surface area contributed by atoms with Gasteiger partial charge in [0.15, 0.2) is 6.10 Å². The van der Waals surface area contributed by atoms with Crippen LogP contribution in [-0.2, 0) is 0 Å². The molecule has 0 radical (unpaired) electrons. The first-order chi connectivity index (χ1) is 6.00. The van der Waals surface area contributed by atoms with Gasteiger partial charge < -0.3 is 5.11 Å². The highest BCUT2D eigenvalue weighted by Crippen LogP contribution is 2.24. The Kier molecular flexibility index (Phi) is 2.94. The SMILES string of the molecule is Cc1nc(C)c(C(O)C[N+](=O)[O-])s1. The fraction of sp³-hybridized carbons (Fsp3) is 0.571. The first kappa shape index (κ1) is 10.1. The maximum atomic E-state index is 10.1. The summed E-state index contributed by atoms with van der Waals surface area (Å²) in [6.45, 7) is 3.09. The van der Waals surface area contributed by atoms with Crippen LogP contribution in [0.4, 0.5) is 0 Å². The second-order valence-corrected chi connectivity index (χ2v) is 3.95. The number of aliphatic hydroxyl groups is 1. The number of aromatic nitrogens is 1. The van der Waals surface area contributed by atoms with Crippen molar-refractivity contribution in [1.82, 2.24) is 4.98 Å². The van der Waals surface area contributed by atoms with E-state index in [9.17, 15) is 15.2 Å². The van der Waals surface area contributed by atoms with Crippen molar-refractivity contribution >= 4 is 11.3 Å². The Balaban J connectivity index is 2.81. The molecule has 1 rings (SSSR count). The topological polar surface area (TPSA) is 76.3 Å². The lowest BCUT2D eigenvalue weighted by molar-refractivity contribution is -0.491. The summed E-state index contributed by atoms with van der Waals surface area (Å²) in [7, 11) is 0. The molecule has 6 heteroatoms. The molecule has 1 N–H and O–H groups in total. The van der Waals surface area contributed by atoms with Gasteiger partial charge in [0.1, 0.15) is 0 Å². The summed E-state index contributed by atoms with van der Waals surface area (Å²) in [6, 6.07) is 0. The quantitative estimate of drug-likeness (QED) is 0.587. The number of aliphatic hydroxyl groups excluding tert-OH is 1. The summed E-state index contributed by atoms with van der Waals surface area (Å²) in [4.78, 5) is 14.3. The number of nitro groups is 1. The van der Waals surface area contributed by atoms with Crippen LogP contribution in [-0.4, -0.2) is 21.6 Å². The Hall–Kier alpha value is -1.01. The van der Waals surface area contributed by atoms with E-state index in [4.69, 9.17) is 0 Å². The highest BCUT2D eigenvalue weighted by molar-refractivity contribution is 7.11. The lowest BCUT2D eigenvalue weighted by Gasteiger charge is -2.02. The van der Waals surface area contributed by atoms with E-state index < -0.39 is 17.6 Å². The Labute approximate surface area is 79.2 Å². The van der Waals surface area contributed by atoms with Gasteiger partial charge in [-0.3, -0.25) is 10.1 Å². The molecular formula is C7H10N2O3S. The van der Waals surface area contributed by atoms with Gasteiger partial charge in [-0.15, -0.1) is 11.3 Å². The zero-order valence-electron chi connectivity index (χ0n) is 7.35. The third kappa shape index (κ3) is 2.46. The van der Waals surface area contributed by atoms with Crippen molar-refractivity contribution < 1.29 is 10.0 Å². The van der Waals surface area contributed by atoms with Crippen molar-refractivity contribution in [2.45, 2.75) is 20.0 Å². The molecule has 1 heterocycles. The average molecular weight is 202 g/mol. The summed E-state index contributed by atoms with van der Waals surface area (Å²) in [5, 5.41) is 20.4. The van der Waals surface area contributed by atoms with Gasteiger partial charge in [-0.2, -0.15) is 0 Å². The molecular weight excluding hydrogens is 192 g/mol. The van der Waals surface area contributed by atoms with Crippen LogP contribution >= 0.6 is 11.3 Å². The largest absolute Gasteiger partial charge is 0.381 e. The number of aryl methyl sites for hydroxylation is 2. The van der Waals surface area contributed by atoms with Crippen molar-refractivity contribution in [3.63, 3.8) is 0 Å².